The maximum absolute atomic E-state index is 12.6. The molecule has 0 bridgehead atoms. The number of rotatable bonds is 8. The van der Waals surface area contributed by atoms with Crippen LogP contribution in [0.25, 0.3) is 0 Å². The third-order valence-electron chi connectivity index (χ3n) is 4.17. The summed E-state index contributed by atoms with van der Waals surface area (Å²) in [6.45, 7) is 7.08. The summed E-state index contributed by atoms with van der Waals surface area (Å²) in [4.78, 5) is 26.2. The van der Waals surface area contributed by atoms with E-state index in [-0.39, 0.29) is 30.6 Å². The van der Waals surface area contributed by atoms with Gasteiger partial charge in [0.15, 0.2) is 0 Å². The number of hydrogen-bond donors (Lipinski definition) is 2. The highest BCUT2D eigenvalue weighted by Gasteiger charge is 2.26. The van der Waals surface area contributed by atoms with Crippen molar-refractivity contribution < 1.29 is 19.1 Å². The monoisotopic (exact) mass is 363 g/mol. The summed E-state index contributed by atoms with van der Waals surface area (Å²) >= 11 is 0. The zero-order chi connectivity index (χ0) is 18.9. The molecular formula is C19H29N3O4. The van der Waals surface area contributed by atoms with Crippen LogP contribution in [-0.4, -0.2) is 68.8 Å². The molecule has 1 saturated heterocycles. The summed E-state index contributed by atoms with van der Waals surface area (Å²) in [5.74, 6) is -0.0533. The molecule has 0 aliphatic carbocycles. The summed E-state index contributed by atoms with van der Waals surface area (Å²) in [6.07, 6.45) is 0.101. The standard InChI is InChI=1S/C19H29N3O4/c1-14-12-22(13-15(2)26-14)19(24)17-6-4-16(5-7-17)10-21-18(23)11-20-8-9-25-3/h4-7,14-15,20H,8-13H2,1-3H3,(H,21,23). The molecule has 1 aliphatic heterocycles. The minimum absolute atomic E-state index is 0.0185. The smallest absolute Gasteiger partial charge is 0.254 e. The highest BCUT2D eigenvalue weighted by Crippen LogP contribution is 2.15. The van der Waals surface area contributed by atoms with Crippen LogP contribution in [-0.2, 0) is 20.8 Å². The van der Waals surface area contributed by atoms with Gasteiger partial charge in [-0.25, -0.2) is 0 Å². The van der Waals surface area contributed by atoms with Gasteiger partial charge in [-0.15, -0.1) is 0 Å². The third-order valence-corrected chi connectivity index (χ3v) is 4.17. The molecule has 2 rings (SSSR count). The Hall–Kier alpha value is -1.96. The van der Waals surface area contributed by atoms with Gasteiger partial charge < -0.3 is 25.0 Å². The fraction of sp³-hybridized carbons (Fsp3) is 0.579. The molecule has 0 spiro atoms. The van der Waals surface area contributed by atoms with Gasteiger partial charge >= 0.3 is 0 Å². The molecule has 0 aromatic heterocycles. The van der Waals surface area contributed by atoms with Crippen molar-refractivity contribution in [3.05, 3.63) is 35.4 Å². The van der Waals surface area contributed by atoms with Crippen LogP contribution in [0.2, 0.25) is 0 Å². The molecule has 1 aromatic carbocycles. The van der Waals surface area contributed by atoms with Gasteiger partial charge in [0.2, 0.25) is 5.91 Å². The van der Waals surface area contributed by atoms with Crippen LogP contribution in [0.5, 0.6) is 0 Å². The summed E-state index contributed by atoms with van der Waals surface area (Å²) in [6, 6.07) is 7.37. The lowest BCUT2D eigenvalue weighted by Gasteiger charge is -2.35. The van der Waals surface area contributed by atoms with Crippen molar-refractivity contribution in [3.63, 3.8) is 0 Å². The summed E-state index contributed by atoms with van der Waals surface area (Å²) < 4.78 is 10.6. The third kappa shape index (κ3) is 6.40. The lowest BCUT2D eigenvalue weighted by atomic mass is 10.1. The van der Waals surface area contributed by atoms with Crippen molar-refractivity contribution in [1.29, 1.82) is 0 Å². The van der Waals surface area contributed by atoms with Gasteiger partial charge in [0, 0.05) is 38.9 Å². The van der Waals surface area contributed by atoms with Crippen molar-refractivity contribution in [2.24, 2.45) is 0 Å². The van der Waals surface area contributed by atoms with E-state index in [1.807, 2.05) is 43.0 Å². The molecule has 1 heterocycles. The van der Waals surface area contributed by atoms with Crippen LogP contribution >= 0.6 is 0 Å². The van der Waals surface area contributed by atoms with Crippen LogP contribution in [0, 0.1) is 0 Å². The first kappa shape index (κ1) is 20.4. The number of ether oxygens (including phenoxy) is 2. The van der Waals surface area contributed by atoms with Crippen molar-refractivity contribution in [3.8, 4) is 0 Å². The molecule has 2 N–H and O–H groups in total. The Morgan fingerprint density at radius 1 is 1.19 bits per heavy atom. The minimum atomic E-state index is -0.0717. The SMILES string of the molecule is COCCNCC(=O)NCc1ccc(C(=O)N2CC(C)OC(C)C2)cc1. The van der Waals surface area contributed by atoms with E-state index in [2.05, 4.69) is 10.6 Å². The maximum atomic E-state index is 12.6. The van der Waals surface area contributed by atoms with Gasteiger partial charge in [-0.05, 0) is 31.5 Å². The average molecular weight is 363 g/mol. The summed E-state index contributed by atoms with van der Waals surface area (Å²) in [7, 11) is 1.62. The quantitative estimate of drug-likeness (QED) is 0.668. The van der Waals surface area contributed by atoms with E-state index in [0.29, 0.717) is 38.3 Å². The number of hydrogen-bond acceptors (Lipinski definition) is 5. The number of morpholine rings is 1. The molecule has 1 fully saturated rings. The molecule has 1 aliphatic rings. The molecule has 1 aromatic rings. The first-order chi connectivity index (χ1) is 12.5. The number of carbonyl (C=O) groups excluding carboxylic acids is 2. The Bertz CT molecular complexity index is 581. The van der Waals surface area contributed by atoms with E-state index in [1.54, 1.807) is 7.11 Å². The van der Waals surface area contributed by atoms with Crippen molar-refractivity contribution in [1.82, 2.24) is 15.5 Å². The Labute approximate surface area is 155 Å². The van der Waals surface area contributed by atoms with Crippen LogP contribution in [0.4, 0.5) is 0 Å². The second-order valence-corrected chi connectivity index (χ2v) is 6.61. The highest BCUT2D eigenvalue weighted by molar-refractivity contribution is 5.94. The molecule has 7 nitrogen and oxygen atoms in total. The van der Waals surface area contributed by atoms with Gasteiger partial charge in [-0.1, -0.05) is 12.1 Å². The molecule has 2 unspecified atom stereocenters. The van der Waals surface area contributed by atoms with Crippen LogP contribution in [0.15, 0.2) is 24.3 Å². The Morgan fingerprint density at radius 3 is 2.46 bits per heavy atom. The number of amides is 2. The van der Waals surface area contributed by atoms with Gasteiger partial charge in [-0.3, -0.25) is 9.59 Å². The summed E-state index contributed by atoms with van der Waals surface area (Å²) in [5.41, 5.74) is 1.61. The van der Waals surface area contributed by atoms with Gasteiger partial charge in [0.1, 0.15) is 0 Å². The van der Waals surface area contributed by atoms with Gasteiger partial charge in [0.25, 0.3) is 5.91 Å². The predicted octanol–water partition coefficient (Wildman–Crippen LogP) is 0.788. The molecular weight excluding hydrogens is 334 g/mol. The van der Waals surface area contributed by atoms with E-state index in [1.165, 1.54) is 0 Å². The number of carbonyl (C=O) groups is 2. The Kier molecular flexibility index (Phi) is 8.03. The highest BCUT2D eigenvalue weighted by atomic mass is 16.5. The Balaban J connectivity index is 1.80. The lowest BCUT2D eigenvalue weighted by molar-refractivity contribution is -0.120. The van der Waals surface area contributed by atoms with E-state index >= 15 is 0 Å². The zero-order valence-corrected chi connectivity index (χ0v) is 15.8. The maximum Gasteiger partial charge on any atom is 0.254 e. The average Bonchev–Trinajstić information content (AvgIpc) is 2.62. The van der Waals surface area contributed by atoms with Gasteiger partial charge in [-0.2, -0.15) is 0 Å². The second kappa shape index (κ2) is 10.3. The van der Waals surface area contributed by atoms with Crippen molar-refractivity contribution in [2.75, 3.05) is 39.9 Å². The van der Waals surface area contributed by atoms with Crippen LogP contribution in [0.3, 0.4) is 0 Å². The zero-order valence-electron chi connectivity index (χ0n) is 15.8. The number of benzene rings is 1. The van der Waals surface area contributed by atoms with E-state index in [0.717, 1.165) is 5.56 Å². The van der Waals surface area contributed by atoms with E-state index in [4.69, 9.17) is 9.47 Å². The van der Waals surface area contributed by atoms with Crippen molar-refractivity contribution in [2.45, 2.75) is 32.6 Å². The van der Waals surface area contributed by atoms with E-state index in [9.17, 15) is 9.59 Å². The fourth-order valence-electron chi connectivity index (χ4n) is 2.93. The lowest BCUT2D eigenvalue weighted by Crippen LogP contribution is -2.48. The number of methoxy groups -OCH3 is 1. The normalized spacial score (nSPS) is 20.0. The predicted molar refractivity (Wildman–Crippen MR) is 98.9 cm³/mol. The first-order valence-corrected chi connectivity index (χ1v) is 8.99. The van der Waals surface area contributed by atoms with Gasteiger partial charge in [0.05, 0.1) is 25.4 Å². The Morgan fingerprint density at radius 2 is 1.85 bits per heavy atom. The van der Waals surface area contributed by atoms with E-state index < -0.39 is 0 Å². The molecule has 2 atom stereocenters. The molecule has 0 saturated carbocycles. The minimum Gasteiger partial charge on any atom is -0.383 e. The second-order valence-electron chi connectivity index (χ2n) is 6.61. The fourth-order valence-corrected chi connectivity index (χ4v) is 2.93. The van der Waals surface area contributed by atoms with Crippen molar-refractivity contribution >= 4 is 11.8 Å². The first-order valence-electron chi connectivity index (χ1n) is 8.99. The number of nitrogens with zero attached hydrogens (tertiary/aromatic N) is 1. The molecule has 2 amide bonds. The van der Waals surface area contributed by atoms with Crippen LogP contribution < -0.4 is 10.6 Å². The molecule has 144 valence electrons. The topological polar surface area (TPSA) is 79.9 Å². The molecule has 26 heavy (non-hydrogen) atoms. The summed E-state index contributed by atoms with van der Waals surface area (Å²) in [5, 5.41) is 5.84. The van der Waals surface area contributed by atoms with Crippen LogP contribution in [0.1, 0.15) is 29.8 Å². The molecule has 7 heteroatoms. The largest absolute Gasteiger partial charge is 0.383 e. The molecule has 0 radical (unpaired) electrons. The number of nitrogens with one attached hydrogen (secondary N) is 2.